The molecule has 0 atom stereocenters. The van der Waals surface area contributed by atoms with Crippen molar-refractivity contribution in [1.82, 2.24) is 19.1 Å². The summed E-state index contributed by atoms with van der Waals surface area (Å²) in [6, 6.07) is 80.1. The Kier molecular flexibility index (Phi) is 7.81. The number of rotatable bonds is 4. The highest BCUT2D eigenvalue weighted by molar-refractivity contribution is 6.22. The highest BCUT2D eigenvalue weighted by atomic mass is 15.0. The molecule has 1 aliphatic carbocycles. The molecule has 0 saturated heterocycles. The van der Waals surface area contributed by atoms with Gasteiger partial charge in [-0.05, 0) is 121 Å². The second-order valence-corrected chi connectivity index (χ2v) is 19.3. The van der Waals surface area contributed by atoms with E-state index in [2.05, 4.69) is 229 Å². The fourth-order valence-electron chi connectivity index (χ4n) is 12.0. The molecule has 0 unspecified atom stereocenters. The third-order valence-electron chi connectivity index (χ3n) is 15.2. The lowest BCUT2D eigenvalue weighted by Gasteiger charge is -2.21. The molecule has 15 rings (SSSR count). The van der Waals surface area contributed by atoms with Crippen molar-refractivity contribution in [2.75, 3.05) is 0 Å². The van der Waals surface area contributed by atoms with Gasteiger partial charge in [0.2, 0.25) is 0 Å². The summed E-state index contributed by atoms with van der Waals surface area (Å²) in [5.74, 6) is 0. The van der Waals surface area contributed by atoms with Crippen molar-refractivity contribution in [2.45, 2.75) is 19.3 Å². The molecule has 14 aromatic rings. The lowest BCUT2D eigenvalue weighted by molar-refractivity contribution is 0.660. The van der Waals surface area contributed by atoms with E-state index >= 15 is 0 Å². The van der Waals surface area contributed by atoms with Crippen molar-refractivity contribution in [3.8, 4) is 45.0 Å². The Labute approximate surface area is 398 Å². The molecule has 0 N–H and O–H groups in total. The van der Waals surface area contributed by atoms with E-state index in [0.717, 1.165) is 61.2 Å². The van der Waals surface area contributed by atoms with Gasteiger partial charge in [-0.2, -0.15) is 0 Å². The van der Waals surface area contributed by atoms with Gasteiger partial charge in [-0.1, -0.05) is 166 Å². The second-order valence-electron chi connectivity index (χ2n) is 19.3. The van der Waals surface area contributed by atoms with Crippen LogP contribution in [0, 0.1) is 0 Å². The average molecular weight is 879 g/mol. The van der Waals surface area contributed by atoms with Crippen LogP contribution < -0.4 is 0 Å². The normalized spacial score (nSPS) is 13.2. The number of nitrogens with zero attached hydrogens (tertiary/aromatic N) is 4. The van der Waals surface area contributed by atoms with Crippen molar-refractivity contribution in [3.05, 3.63) is 230 Å². The zero-order valence-electron chi connectivity index (χ0n) is 38.1. The van der Waals surface area contributed by atoms with Gasteiger partial charge in [-0.15, -0.1) is 0 Å². The SMILES string of the molecule is CC1(C)c2ccccc2-c2c(-c3nc4ccccc4nc3-c3ccc4cc(-n5c6cc(-n7c8ccccc8c8c9ccccc9ccc87)ccc6c6cc7ccccc7cc65)ccc4c3)cccc21. The highest BCUT2D eigenvalue weighted by Gasteiger charge is 2.37. The quantitative estimate of drug-likeness (QED) is 0.177. The van der Waals surface area contributed by atoms with Gasteiger partial charge in [0.05, 0.1) is 44.5 Å². The molecule has 0 radical (unpaired) electrons. The molecule has 322 valence electrons. The Balaban J connectivity index is 0.928. The predicted octanol–water partition coefficient (Wildman–Crippen LogP) is 16.9. The van der Waals surface area contributed by atoms with Crippen molar-refractivity contribution in [2.24, 2.45) is 0 Å². The smallest absolute Gasteiger partial charge is 0.0979 e. The molecule has 11 aromatic carbocycles. The minimum atomic E-state index is -0.127. The first-order valence-corrected chi connectivity index (χ1v) is 23.9. The van der Waals surface area contributed by atoms with E-state index in [4.69, 9.17) is 9.97 Å². The monoisotopic (exact) mass is 878 g/mol. The van der Waals surface area contributed by atoms with Gasteiger partial charge in [0.15, 0.2) is 0 Å². The lowest BCUT2D eigenvalue weighted by Crippen LogP contribution is -2.14. The number of fused-ring (bicyclic) bond motifs is 14. The van der Waals surface area contributed by atoms with Crippen LogP contribution in [0.4, 0.5) is 0 Å². The predicted molar refractivity (Wildman–Crippen MR) is 289 cm³/mol. The molecule has 0 spiro atoms. The van der Waals surface area contributed by atoms with E-state index in [-0.39, 0.29) is 5.41 Å². The first-order valence-electron chi connectivity index (χ1n) is 23.9. The van der Waals surface area contributed by atoms with E-state index in [1.165, 1.54) is 81.9 Å². The molecular weight excluding hydrogens is 837 g/mol. The molecule has 1 aliphatic rings. The van der Waals surface area contributed by atoms with Gasteiger partial charge in [0.1, 0.15) is 0 Å². The Hall–Kier alpha value is -8.86. The van der Waals surface area contributed by atoms with Crippen molar-refractivity contribution in [1.29, 1.82) is 0 Å². The van der Waals surface area contributed by atoms with Crippen LogP contribution in [0.1, 0.15) is 25.0 Å². The lowest BCUT2D eigenvalue weighted by atomic mass is 9.82. The standard InChI is InChI=1S/C65H42N4/c1-65(2)53-21-9-7-18-49(53)61-51(20-13-22-54(61)65)64-63(66-55-23-10-11-24-56(55)67-64)44-27-26-43-35-45(30-28-42(43)34-44)69-59-37-41-16-4-3-15-40(41)36-52(59)48-32-31-46(38-60(48)69)68-57-25-12-8-19-50(57)62-47-17-6-5-14-39(47)29-33-58(62)68/h3-38H,1-2H3. The van der Waals surface area contributed by atoms with E-state index in [1.807, 2.05) is 12.1 Å². The van der Waals surface area contributed by atoms with Crippen LogP contribution in [0.15, 0.2) is 218 Å². The van der Waals surface area contributed by atoms with Crippen LogP contribution in [0.2, 0.25) is 0 Å². The number of para-hydroxylation sites is 3. The van der Waals surface area contributed by atoms with Gasteiger partial charge in [-0.25, -0.2) is 9.97 Å². The summed E-state index contributed by atoms with van der Waals surface area (Å²) in [4.78, 5) is 10.8. The number of benzene rings is 11. The van der Waals surface area contributed by atoms with Crippen LogP contribution in [0.5, 0.6) is 0 Å². The van der Waals surface area contributed by atoms with E-state index in [9.17, 15) is 0 Å². The van der Waals surface area contributed by atoms with Crippen molar-refractivity contribution in [3.63, 3.8) is 0 Å². The molecule has 3 aromatic heterocycles. The van der Waals surface area contributed by atoms with Gasteiger partial charge >= 0.3 is 0 Å². The van der Waals surface area contributed by atoms with Gasteiger partial charge in [0, 0.05) is 49.5 Å². The highest BCUT2D eigenvalue weighted by Crippen LogP contribution is 2.53. The third kappa shape index (κ3) is 5.46. The molecular formula is C65H42N4. The summed E-state index contributed by atoms with van der Waals surface area (Å²) in [6.07, 6.45) is 0. The molecule has 0 saturated carbocycles. The van der Waals surface area contributed by atoms with Crippen LogP contribution in [0.25, 0.3) is 132 Å². The summed E-state index contributed by atoms with van der Waals surface area (Å²) < 4.78 is 4.92. The minimum absolute atomic E-state index is 0.127. The molecule has 0 bridgehead atoms. The summed E-state index contributed by atoms with van der Waals surface area (Å²) in [5.41, 5.74) is 17.8. The summed E-state index contributed by atoms with van der Waals surface area (Å²) in [5, 5.41) is 12.3. The number of hydrogen-bond acceptors (Lipinski definition) is 2. The second kappa shape index (κ2) is 14.1. The fourth-order valence-corrected chi connectivity index (χ4v) is 12.0. The maximum absolute atomic E-state index is 5.43. The third-order valence-corrected chi connectivity index (χ3v) is 15.2. The molecule has 0 fully saturated rings. The van der Waals surface area contributed by atoms with Gasteiger partial charge in [-0.3, -0.25) is 0 Å². The number of aromatic nitrogens is 4. The van der Waals surface area contributed by atoms with E-state index < -0.39 is 0 Å². The molecule has 0 aliphatic heterocycles. The first kappa shape index (κ1) is 38.3. The van der Waals surface area contributed by atoms with Crippen molar-refractivity contribution >= 4 is 87.0 Å². The molecule has 69 heavy (non-hydrogen) atoms. The Morgan fingerprint density at radius 1 is 0.348 bits per heavy atom. The zero-order valence-corrected chi connectivity index (χ0v) is 38.1. The first-order chi connectivity index (χ1) is 34.0. The zero-order chi connectivity index (χ0) is 45.5. The molecule has 4 heteroatoms. The minimum Gasteiger partial charge on any atom is -0.309 e. The molecule has 3 heterocycles. The largest absolute Gasteiger partial charge is 0.309 e. The van der Waals surface area contributed by atoms with Crippen LogP contribution in [-0.4, -0.2) is 19.1 Å². The average Bonchev–Trinajstić information content (AvgIpc) is 3.99. The number of hydrogen-bond donors (Lipinski definition) is 0. The van der Waals surface area contributed by atoms with Crippen LogP contribution in [0.3, 0.4) is 0 Å². The van der Waals surface area contributed by atoms with E-state index in [1.54, 1.807) is 0 Å². The summed E-state index contributed by atoms with van der Waals surface area (Å²) >= 11 is 0. The molecule has 0 amide bonds. The summed E-state index contributed by atoms with van der Waals surface area (Å²) in [7, 11) is 0. The van der Waals surface area contributed by atoms with Crippen LogP contribution >= 0.6 is 0 Å². The maximum Gasteiger partial charge on any atom is 0.0979 e. The van der Waals surface area contributed by atoms with E-state index in [0.29, 0.717) is 0 Å². The van der Waals surface area contributed by atoms with Crippen LogP contribution in [-0.2, 0) is 5.41 Å². The molecule has 4 nitrogen and oxygen atoms in total. The summed E-state index contributed by atoms with van der Waals surface area (Å²) in [6.45, 7) is 4.67. The topological polar surface area (TPSA) is 35.6 Å². The Morgan fingerprint density at radius 3 is 1.81 bits per heavy atom. The fraction of sp³-hybridized carbons (Fsp3) is 0.0462. The Morgan fingerprint density at radius 2 is 0.942 bits per heavy atom. The maximum atomic E-state index is 5.43. The van der Waals surface area contributed by atoms with Gasteiger partial charge < -0.3 is 9.13 Å². The Bertz CT molecular complexity index is 4530. The van der Waals surface area contributed by atoms with Crippen molar-refractivity contribution < 1.29 is 0 Å². The van der Waals surface area contributed by atoms with Gasteiger partial charge in [0.25, 0.3) is 0 Å².